The van der Waals surface area contributed by atoms with Gasteiger partial charge in [-0.25, -0.2) is 6.57 Å². The third-order valence-corrected chi connectivity index (χ3v) is 2.75. The highest BCUT2D eigenvalue weighted by Crippen LogP contribution is 2.06. The normalized spacial score (nSPS) is 10.3. The second kappa shape index (κ2) is 7.24. The van der Waals surface area contributed by atoms with Crippen molar-refractivity contribution in [2.24, 2.45) is 0 Å². The molecular weight excluding hydrogens is 236 g/mol. The van der Waals surface area contributed by atoms with Crippen LogP contribution in [0, 0.1) is 6.57 Å². The maximum Gasteiger partial charge on any atom is 0.227 e. The monoisotopic (exact) mass is 252 g/mol. The largest absolute Gasteiger partial charge is 0.316 e. The van der Waals surface area contributed by atoms with Crippen molar-refractivity contribution < 1.29 is 0 Å². The Bertz CT molecular complexity index is 477. The lowest BCUT2D eigenvalue weighted by Gasteiger charge is -2.19. The van der Waals surface area contributed by atoms with E-state index < -0.39 is 0 Å². The highest BCUT2D eigenvalue weighted by molar-refractivity contribution is 5.06. The predicted molar refractivity (Wildman–Crippen MR) is 74.1 cm³/mol. The lowest BCUT2D eigenvalue weighted by atomic mass is 10.3. The van der Waals surface area contributed by atoms with Gasteiger partial charge in [0.1, 0.15) is 0 Å². The first-order valence-electron chi connectivity index (χ1n) is 6.24. The fourth-order valence-electron chi connectivity index (χ4n) is 1.85. The molecule has 2 aromatic rings. The molecule has 0 spiro atoms. The van der Waals surface area contributed by atoms with Crippen LogP contribution in [-0.2, 0) is 13.1 Å². The van der Waals surface area contributed by atoms with Gasteiger partial charge in [0.05, 0.1) is 17.9 Å². The molecule has 2 heterocycles. The molecule has 0 aromatic carbocycles. The fraction of sp³-hybridized carbons (Fsp3) is 0.267. The van der Waals surface area contributed by atoms with E-state index in [1.807, 2.05) is 36.4 Å². The van der Waals surface area contributed by atoms with Crippen LogP contribution in [0.3, 0.4) is 0 Å². The van der Waals surface area contributed by atoms with E-state index in [0.29, 0.717) is 6.54 Å². The van der Waals surface area contributed by atoms with Crippen LogP contribution in [-0.4, -0.2) is 28.0 Å². The Hall–Kier alpha value is -2.25. The molecule has 2 aromatic heterocycles. The maximum absolute atomic E-state index is 6.92. The first-order valence-corrected chi connectivity index (χ1v) is 6.24. The van der Waals surface area contributed by atoms with Crippen LogP contribution in [0.4, 0.5) is 0 Å². The van der Waals surface area contributed by atoms with Crippen LogP contribution in [0.1, 0.15) is 11.4 Å². The molecule has 4 nitrogen and oxygen atoms in total. The summed E-state index contributed by atoms with van der Waals surface area (Å²) in [6.07, 6.45) is 3.59. The number of aromatic nitrogens is 2. The van der Waals surface area contributed by atoms with Crippen LogP contribution < -0.4 is 0 Å². The summed E-state index contributed by atoms with van der Waals surface area (Å²) in [7, 11) is 0. The van der Waals surface area contributed by atoms with E-state index in [0.717, 1.165) is 31.0 Å². The van der Waals surface area contributed by atoms with Gasteiger partial charge in [0, 0.05) is 25.5 Å². The minimum absolute atomic E-state index is 0.500. The molecule has 0 unspecified atom stereocenters. The number of nitrogens with zero attached hydrogens (tertiary/aromatic N) is 4. The molecule has 96 valence electrons. The van der Waals surface area contributed by atoms with Crippen molar-refractivity contribution in [3.63, 3.8) is 0 Å². The van der Waals surface area contributed by atoms with E-state index in [9.17, 15) is 0 Å². The Morgan fingerprint density at radius 1 is 0.947 bits per heavy atom. The molecule has 0 amide bonds. The average Bonchev–Trinajstić information content (AvgIpc) is 2.47. The number of rotatable bonds is 6. The van der Waals surface area contributed by atoms with Gasteiger partial charge in [0.25, 0.3) is 0 Å². The zero-order valence-electron chi connectivity index (χ0n) is 10.7. The fourth-order valence-corrected chi connectivity index (χ4v) is 1.85. The molecule has 0 aliphatic rings. The minimum Gasteiger partial charge on any atom is -0.316 e. The molecule has 0 N–H and O–H groups in total. The van der Waals surface area contributed by atoms with Gasteiger partial charge in [0.15, 0.2) is 0 Å². The number of hydrogen-bond acceptors (Lipinski definition) is 3. The summed E-state index contributed by atoms with van der Waals surface area (Å²) in [5.41, 5.74) is 2.03. The van der Waals surface area contributed by atoms with Gasteiger partial charge in [-0.3, -0.25) is 14.9 Å². The minimum atomic E-state index is 0.500. The van der Waals surface area contributed by atoms with Crippen molar-refractivity contribution in [2.75, 3.05) is 13.1 Å². The van der Waals surface area contributed by atoms with Crippen molar-refractivity contribution in [3.05, 3.63) is 71.6 Å². The van der Waals surface area contributed by atoms with Crippen LogP contribution in [0.15, 0.2) is 48.8 Å². The van der Waals surface area contributed by atoms with Crippen molar-refractivity contribution in [1.82, 2.24) is 14.9 Å². The number of hydrogen-bond donors (Lipinski definition) is 0. The van der Waals surface area contributed by atoms with Crippen molar-refractivity contribution in [1.29, 1.82) is 0 Å². The standard InChI is InChI=1S/C15H16N4/c1-16-10-11-19(12-14-6-2-4-8-17-14)13-15-7-3-5-9-18-15/h2-9H,10-13H2. The molecule has 0 aliphatic carbocycles. The Balaban J connectivity index is 2.02. The van der Waals surface area contributed by atoms with E-state index in [1.165, 1.54) is 0 Å². The van der Waals surface area contributed by atoms with Crippen molar-refractivity contribution >= 4 is 0 Å². The first kappa shape index (κ1) is 13.2. The van der Waals surface area contributed by atoms with Gasteiger partial charge < -0.3 is 4.85 Å². The third kappa shape index (κ3) is 4.49. The topological polar surface area (TPSA) is 33.4 Å². The molecule has 0 saturated carbocycles. The van der Waals surface area contributed by atoms with Crippen LogP contribution in [0.2, 0.25) is 0 Å². The van der Waals surface area contributed by atoms with Gasteiger partial charge >= 0.3 is 0 Å². The lowest BCUT2D eigenvalue weighted by Crippen LogP contribution is -2.26. The quantitative estimate of drug-likeness (QED) is 0.740. The summed E-state index contributed by atoms with van der Waals surface area (Å²) in [4.78, 5) is 14.3. The zero-order valence-corrected chi connectivity index (χ0v) is 10.7. The Labute approximate surface area is 113 Å². The summed E-state index contributed by atoms with van der Waals surface area (Å²) < 4.78 is 0. The van der Waals surface area contributed by atoms with Crippen molar-refractivity contribution in [2.45, 2.75) is 13.1 Å². The van der Waals surface area contributed by atoms with Gasteiger partial charge in [-0.05, 0) is 24.3 Å². The number of pyridine rings is 2. The molecule has 0 fully saturated rings. The predicted octanol–water partition coefficient (Wildman–Crippen LogP) is 2.40. The lowest BCUT2D eigenvalue weighted by molar-refractivity contribution is 0.263. The summed E-state index contributed by atoms with van der Waals surface area (Å²) >= 11 is 0. The highest BCUT2D eigenvalue weighted by atomic mass is 15.1. The molecular formula is C15H16N4. The van der Waals surface area contributed by atoms with E-state index in [2.05, 4.69) is 19.7 Å². The van der Waals surface area contributed by atoms with E-state index in [-0.39, 0.29) is 0 Å². The smallest absolute Gasteiger partial charge is 0.227 e. The zero-order chi connectivity index (χ0) is 13.3. The van der Waals surface area contributed by atoms with Crippen molar-refractivity contribution in [3.8, 4) is 0 Å². The summed E-state index contributed by atoms with van der Waals surface area (Å²) in [5.74, 6) is 0. The average molecular weight is 252 g/mol. The molecule has 0 bridgehead atoms. The van der Waals surface area contributed by atoms with Crippen LogP contribution in [0.5, 0.6) is 0 Å². The maximum atomic E-state index is 6.92. The molecule has 0 radical (unpaired) electrons. The molecule has 4 heteroatoms. The van der Waals surface area contributed by atoms with Gasteiger partial charge in [-0.15, -0.1) is 0 Å². The van der Waals surface area contributed by atoms with E-state index >= 15 is 0 Å². The van der Waals surface area contributed by atoms with Gasteiger partial charge in [-0.2, -0.15) is 0 Å². The van der Waals surface area contributed by atoms with Crippen LogP contribution >= 0.6 is 0 Å². The SMILES string of the molecule is [C-]#[N+]CCN(Cc1ccccn1)Cc1ccccn1. The summed E-state index contributed by atoms with van der Waals surface area (Å²) in [5, 5.41) is 0. The Morgan fingerprint density at radius 3 is 1.95 bits per heavy atom. The van der Waals surface area contributed by atoms with E-state index in [4.69, 9.17) is 6.57 Å². The van der Waals surface area contributed by atoms with Gasteiger partial charge in [0.2, 0.25) is 6.54 Å². The second-order valence-corrected chi connectivity index (χ2v) is 4.23. The summed E-state index contributed by atoms with van der Waals surface area (Å²) in [6, 6.07) is 11.8. The summed E-state index contributed by atoms with van der Waals surface area (Å²) in [6.45, 7) is 9.64. The molecule has 0 aliphatic heterocycles. The van der Waals surface area contributed by atoms with Crippen LogP contribution in [0.25, 0.3) is 4.85 Å². The first-order chi connectivity index (χ1) is 9.38. The molecule has 19 heavy (non-hydrogen) atoms. The molecule has 0 saturated heterocycles. The third-order valence-electron chi connectivity index (χ3n) is 2.75. The Kier molecular flexibility index (Phi) is 5.03. The van der Waals surface area contributed by atoms with E-state index in [1.54, 1.807) is 12.4 Å². The molecule has 2 rings (SSSR count). The van der Waals surface area contributed by atoms with Gasteiger partial charge in [-0.1, -0.05) is 12.1 Å². The Morgan fingerprint density at radius 2 is 1.53 bits per heavy atom. The second-order valence-electron chi connectivity index (χ2n) is 4.23. The molecule has 0 atom stereocenters. The highest BCUT2D eigenvalue weighted by Gasteiger charge is 2.09.